The second-order valence-electron chi connectivity index (χ2n) is 5.79. The average molecular weight is 277 g/mol. The Morgan fingerprint density at radius 2 is 2.05 bits per heavy atom. The number of benzene rings is 1. The van der Waals surface area contributed by atoms with Crippen LogP contribution in [0.15, 0.2) is 18.2 Å². The number of anilines is 2. The topological polar surface area (TPSA) is 78.6 Å². The van der Waals surface area contributed by atoms with E-state index in [1.54, 1.807) is 32.3 Å². The first-order chi connectivity index (χ1) is 9.41. The monoisotopic (exact) mass is 277 g/mol. The molecule has 1 aliphatic carbocycles. The fourth-order valence-electron chi connectivity index (χ4n) is 2.57. The predicted octanol–water partition coefficient (Wildman–Crippen LogP) is 1.69. The zero-order chi connectivity index (χ0) is 14.8. The Balaban J connectivity index is 2.10. The minimum Gasteiger partial charge on any atom is -0.397 e. The van der Waals surface area contributed by atoms with Crippen molar-refractivity contribution in [1.29, 1.82) is 0 Å². The van der Waals surface area contributed by atoms with E-state index in [1.165, 1.54) is 4.90 Å². The summed E-state index contributed by atoms with van der Waals surface area (Å²) in [4.78, 5) is 13.5. The van der Waals surface area contributed by atoms with E-state index in [2.05, 4.69) is 5.32 Å². The molecule has 0 atom stereocenters. The molecule has 0 saturated heterocycles. The van der Waals surface area contributed by atoms with Gasteiger partial charge in [0.25, 0.3) is 5.91 Å². The van der Waals surface area contributed by atoms with E-state index in [9.17, 15) is 9.90 Å². The smallest absolute Gasteiger partial charge is 0.253 e. The van der Waals surface area contributed by atoms with Gasteiger partial charge in [-0.05, 0) is 31.0 Å². The molecule has 5 heteroatoms. The minimum atomic E-state index is -0.645. The number of carbonyl (C=O) groups is 1. The Kier molecular flexibility index (Phi) is 4.18. The first-order valence-electron chi connectivity index (χ1n) is 6.99. The second kappa shape index (κ2) is 5.71. The van der Waals surface area contributed by atoms with Crippen molar-refractivity contribution in [3.63, 3.8) is 0 Å². The van der Waals surface area contributed by atoms with E-state index in [-0.39, 0.29) is 5.91 Å². The predicted molar refractivity (Wildman–Crippen MR) is 80.8 cm³/mol. The van der Waals surface area contributed by atoms with E-state index in [0.717, 1.165) is 25.7 Å². The lowest BCUT2D eigenvalue weighted by Gasteiger charge is -2.24. The maximum absolute atomic E-state index is 11.9. The number of carbonyl (C=O) groups excluding carboxylic acids is 1. The van der Waals surface area contributed by atoms with Crippen LogP contribution in [0, 0.1) is 0 Å². The van der Waals surface area contributed by atoms with Crippen LogP contribution in [0.3, 0.4) is 0 Å². The van der Waals surface area contributed by atoms with Gasteiger partial charge in [0, 0.05) is 26.2 Å². The molecule has 0 aliphatic heterocycles. The molecule has 110 valence electrons. The Hall–Kier alpha value is -1.75. The minimum absolute atomic E-state index is 0.0624. The molecule has 0 radical (unpaired) electrons. The molecule has 4 N–H and O–H groups in total. The van der Waals surface area contributed by atoms with Crippen LogP contribution in [0.2, 0.25) is 0 Å². The maximum atomic E-state index is 11.9. The van der Waals surface area contributed by atoms with Crippen molar-refractivity contribution >= 4 is 17.3 Å². The SMILES string of the molecule is CN(C)C(=O)c1ccc(N)c(NCC2(O)CCCC2)c1. The average Bonchev–Trinajstić information content (AvgIpc) is 2.84. The van der Waals surface area contributed by atoms with Gasteiger partial charge in [0.2, 0.25) is 0 Å². The lowest BCUT2D eigenvalue weighted by atomic mass is 10.0. The fraction of sp³-hybridized carbons (Fsp3) is 0.533. The van der Waals surface area contributed by atoms with Crippen LogP contribution in [-0.2, 0) is 0 Å². The number of amides is 1. The number of aliphatic hydroxyl groups is 1. The summed E-state index contributed by atoms with van der Waals surface area (Å²) in [6, 6.07) is 5.18. The Morgan fingerprint density at radius 3 is 2.65 bits per heavy atom. The van der Waals surface area contributed by atoms with Gasteiger partial charge >= 0.3 is 0 Å². The summed E-state index contributed by atoms with van der Waals surface area (Å²) in [5.74, 6) is -0.0624. The van der Waals surface area contributed by atoms with E-state index in [1.807, 2.05) is 0 Å². The third-order valence-corrected chi connectivity index (χ3v) is 3.85. The number of hydrogen-bond acceptors (Lipinski definition) is 4. The zero-order valence-corrected chi connectivity index (χ0v) is 12.1. The van der Waals surface area contributed by atoms with Gasteiger partial charge < -0.3 is 21.1 Å². The van der Waals surface area contributed by atoms with Gasteiger partial charge in [0.1, 0.15) is 0 Å². The summed E-state index contributed by atoms with van der Waals surface area (Å²) in [5.41, 5.74) is 7.16. The van der Waals surface area contributed by atoms with Crippen molar-refractivity contribution < 1.29 is 9.90 Å². The molecule has 0 aromatic heterocycles. The third-order valence-electron chi connectivity index (χ3n) is 3.85. The van der Waals surface area contributed by atoms with Crippen molar-refractivity contribution in [2.75, 3.05) is 31.7 Å². The van der Waals surface area contributed by atoms with Crippen molar-refractivity contribution in [2.24, 2.45) is 0 Å². The summed E-state index contributed by atoms with van der Waals surface area (Å²) in [5, 5.41) is 13.5. The molecule has 1 aliphatic rings. The Bertz CT molecular complexity index is 494. The third kappa shape index (κ3) is 3.22. The van der Waals surface area contributed by atoms with Crippen LogP contribution in [0.25, 0.3) is 0 Å². The normalized spacial score (nSPS) is 16.9. The van der Waals surface area contributed by atoms with Gasteiger partial charge in [-0.15, -0.1) is 0 Å². The molecule has 20 heavy (non-hydrogen) atoms. The van der Waals surface area contributed by atoms with Gasteiger partial charge in [0.05, 0.1) is 17.0 Å². The van der Waals surface area contributed by atoms with Crippen LogP contribution in [-0.4, -0.2) is 42.2 Å². The van der Waals surface area contributed by atoms with Crippen LogP contribution in [0.4, 0.5) is 11.4 Å². The summed E-state index contributed by atoms with van der Waals surface area (Å²) in [6.45, 7) is 0.469. The molecular formula is C15H23N3O2. The molecule has 1 aromatic rings. The van der Waals surface area contributed by atoms with Crippen LogP contribution in [0.5, 0.6) is 0 Å². The van der Waals surface area contributed by atoms with Gasteiger partial charge in [0.15, 0.2) is 0 Å². The van der Waals surface area contributed by atoms with E-state index in [0.29, 0.717) is 23.5 Å². The molecule has 1 amide bonds. The van der Waals surface area contributed by atoms with E-state index in [4.69, 9.17) is 5.73 Å². The van der Waals surface area contributed by atoms with Crippen LogP contribution >= 0.6 is 0 Å². The number of nitrogens with two attached hydrogens (primary N) is 1. The van der Waals surface area contributed by atoms with Gasteiger partial charge in [-0.25, -0.2) is 0 Å². The standard InChI is InChI=1S/C15H23N3O2/c1-18(2)14(19)11-5-6-12(16)13(9-11)17-10-15(20)7-3-4-8-15/h5-6,9,17,20H,3-4,7-8,10,16H2,1-2H3. The lowest BCUT2D eigenvalue weighted by molar-refractivity contribution is 0.0615. The van der Waals surface area contributed by atoms with Gasteiger partial charge in [-0.3, -0.25) is 4.79 Å². The maximum Gasteiger partial charge on any atom is 0.253 e. The van der Waals surface area contributed by atoms with Crippen LogP contribution in [0.1, 0.15) is 36.0 Å². The van der Waals surface area contributed by atoms with E-state index < -0.39 is 5.60 Å². The second-order valence-corrected chi connectivity index (χ2v) is 5.79. The molecule has 0 spiro atoms. The molecule has 1 aromatic carbocycles. The summed E-state index contributed by atoms with van der Waals surface area (Å²) >= 11 is 0. The molecule has 0 bridgehead atoms. The summed E-state index contributed by atoms with van der Waals surface area (Å²) in [6.07, 6.45) is 3.76. The van der Waals surface area contributed by atoms with Crippen molar-refractivity contribution in [1.82, 2.24) is 4.90 Å². The Morgan fingerprint density at radius 1 is 1.40 bits per heavy atom. The molecule has 2 rings (SSSR count). The number of rotatable bonds is 4. The molecule has 1 saturated carbocycles. The van der Waals surface area contributed by atoms with Crippen molar-refractivity contribution in [2.45, 2.75) is 31.3 Å². The first-order valence-corrected chi connectivity index (χ1v) is 6.99. The summed E-state index contributed by atoms with van der Waals surface area (Å²) in [7, 11) is 3.43. The lowest BCUT2D eigenvalue weighted by Crippen LogP contribution is -2.33. The molecule has 0 unspecified atom stereocenters. The fourth-order valence-corrected chi connectivity index (χ4v) is 2.57. The van der Waals surface area contributed by atoms with Gasteiger partial charge in [-0.2, -0.15) is 0 Å². The highest BCUT2D eigenvalue weighted by molar-refractivity contribution is 5.95. The number of hydrogen-bond donors (Lipinski definition) is 3. The van der Waals surface area contributed by atoms with Crippen molar-refractivity contribution in [3.8, 4) is 0 Å². The molecular weight excluding hydrogens is 254 g/mol. The van der Waals surface area contributed by atoms with Crippen LogP contribution < -0.4 is 11.1 Å². The largest absolute Gasteiger partial charge is 0.397 e. The van der Waals surface area contributed by atoms with E-state index >= 15 is 0 Å². The number of nitrogens with zero attached hydrogens (tertiary/aromatic N) is 1. The van der Waals surface area contributed by atoms with Crippen molar-refractivity contribution in [3.05, 3.63) is 23.8 Å². The first kappa shape index (κ1) is 14.7. The zero-order valence-electron chi connectivity index (χ0n) is 12.1. The quantitative estimate of drug-likeness (QED) is 0.732. The summed E-state index contributed by atoms with van der Waals surface area (Å²) < 4.78 is 0. The highest BCUT2D eigenvalue weighted by Crippen LogP contribution is 2.30. The highest BCUT2D eigenvalue weighted by atomic mass is 16.3. The Labute approximate surface area is 119 Å². The van der Waals surface area contributed by atoms with Gasteiger partial charge in [-0.1, -0.05) is 12.8 Å². The number of nitrogen functional groups attached to an aromatic ring is 1. The number of nitrogens with one attached hydrogen (secondary N) is 1. The molecule has 0 heterocycles. The molecule has 1 fully saturated rings. The molecule has 5 nitrogen and oxygen atoms in total. The highest BCUT2D eigenvalue weighted by Gasteiger charge is 2.30.